The number of hydrogen-bond donors (Lipinski definition) is 2. The van der Waals surface area contributed by atoms with Crippen LogP contribution in [0.4, 0.5) is 10.3 Å². The van der Waals surface area contributed by atoms with Crippen LogP contribution in [0.1, 0.15) is 33.1 Å². The Morgan fingerprint density at radius 1 is 1.30 bits per heavy atom. The molecule has 33 heavy (non-hydrogen) atoms. The number of aromatic nitrogens is 2. The number of aromatic amines is 1. The van der Waals surface area contributed by atoms with E-state index >= 15 is 0 Å². The molecule has 4 rings (SSSR count). The number of hydrogen-bond acceptors (Lipinski definition) is 6. The first-order valence-electron chi connectivity index (χ1n) is 11.3. The minimum absolute atomic E-state index is 0.0576. The van der Waals surface area contributed by atoms with E-state index in [1.807, 2.05) is 18.7 Å². The summed E-state index contributed by atoms with van der Waals surface area (Å²) in [5, 5.41) is 4.77. The number of carbonyl (C=O) groups is 1. The van der Waals surface area contributed by atoms with E-state index in [1.165, 1.54) is 17.4 Å². The number of nitrogens with zero attached hydrogens (tertiary/aromatic N) is 2. The molecule has 0 aliphatic carbocycles. The zero-order valence-corrected chi connectivity index (χ0v) is 19.7. The summed E-state index contributed by atoms with van der Waals surface area (Å²) in [5.41, 5.74) is 1.33. The lowest BCUT2D eigenvalue weighted by Crippen LogP contribution is -2.41. The van der Waals surface area contributed by atoms with Gasteiger partial charge in [0.05, 0.1) is 11.6 Å². The van der Waals surface area contributed by atoms with Crippen molar-refractivity contribution in [1.82, 2.24) is 15.3 Å². The second-order valence-electron chi connectivity index (χ2n) is 8.52. The lowest BCUT2D eigenvalue weighted by atomic mass is 9.96. The van der Waals surface area contributed by atoms with E-state index in [4.69, 9.17) is 9.72 Å². The van der Waals surface area contributed by atoms with Gasteiger partial charge in [0, 0.05) is 48.7 Å². The van der Waals surface area contributed by atoms with Crippen molar-refractivity contribution in [2.45, 2.75) is 39.2 Å². The van der Waals surface area contributed by atoms with Crippen LogP contribution in [-0.2, 0) is 9.53 Å². The van der Waals surface area contributed by atoms with Gasteiger partial charge in [0.2, 0.25) is 11.9 Å². The van der Waals surface area contributed by atoms with Gasteiger partial charge in [-0.2, -0.15) is 0 Å². The zero-order chi connectivity index (χ0) is 23.4. The number of fused-ring (bicyclic) bond motifs is 1. The smallest absolute Gasteiger partial charge is 0.270 e. The molecule has 2 N–H and O–H groups in total. The lowest BCUT2D eigenvalue weighted by Gasteiger charge is -2.31. The molecule has 1 aliphatic heterocycles. The van der Waals surface area contributed by atoms with E-state index in [9.17, 15) is 14.0 Å². The van der Waals surface area contributed by atoms with Gasteiger partial charge in [-0.3, -0.25) is 14.6 Å². The molecule has 1 aromatic carbocycles. The van der Waals surface area contributed by atoms with Crippen LogP contribution in [0.3, 0.4) is 0 Å². The fourth-order valence-electron chi connectivity index (χ4n) is 4.04. The van der Waals surface area contributed by atoms with Crippen molar-refractivity contribution in [2.75, 3.05) is 31.1 Å². The Morgan fingerprint density at radius 2 is 2.06 bits per heavy atom. The number of amides is 1. The van der Waals surface area contributed by atoms with Crippen molar-refractivity contribution >= 4 is 33.4 Å². The van der Waals surface area contributed by atoms with Crippen LogP contribution < -0.4 is 15.8 Å². The minimum Gasteiger partial charge on any atom is -0.379 e. The number of benzene rings is 1. The Bertz CT molecular complexity index is 1170. The van der Waals surface area contributed by atoms with Gasteiger partial charge in [-0.1, -0.05) is 18.2 Å². The maximum atomic E-state index is 14.4. The summed E-state index contributed by atoms with van der Waals surface area (Å²) in [4.78, 5) is 34.7. The van der Waals surface area contributed by atoms with Gasteiger partial charge in [0.25, 0.3) is 5.56 Å². The van der Waals surface area contributed by atoms with Gasteiger partial charge < -0.3 is 15.0 Å². The fraction of sp³-hybridized carbons (Fsp3) is 0.458. The number of rotatable bonds is 8. The standard InChI is InChI=1S/C24H29FN4O3S/c1-15(2)32-13-5-10-26-22(30)16-8-11-29(12-9-16)24-27-20-18(14-33-21(20)23(31)28-24)17-6-3-4-7-19(17)25/h3-4,6-7,14-16H,5,8-13H2,1-2H3,(H,26,30)(H,27,28,31). The molecule has 0 unspecified atom stereocenters. The fourth-order valence-corrected chi connectivity index (χ4v) is 4.94. The summed E-state index contributed by atoms with van der Waals surface area (Å²) in [7, 11) is 0. The third kappa shape index (κ3) is 5.42. The first kappa shape index (κ1) is 23.4. The van der Waals surface area contributed by atoms with Gasteiger partial charge in [-0.15, -0.1) is 11.3 Å². The Hall–Kier alpha value is -2.78. The normalized spacial score (nSPS) is 14.8. The molecule has 2 aromatic heterocycles. The van der Waals surface area contributed by atoms with E-state index in [-0.39, 0.29) is 29.3 Å². The SMILES string of the molecule is CC(C)OCCCNC(=O)C1CCN(c2nc3c(-c4ccccc4F)csc3c(=O)[nH]2)CC1. The number of H-pyrrole nitrogens is 1. The summed E-state index contributed by atoms with van der Waals surface area (Å²) in [6, 6.07) is 6.50. The van der Waals surface area contributed by atoms with Crippen LogP contribution in [0.15, 0.2) is 34.4 Å². The molecular formula is C24H29FN4O3S. The van der Waals surface area contributed by atoms with Crippen LogP contribution in [0.5, 0.6) is 0 Å². The van der Waals surface area contributed by atoms with E-state index in [0.29, 0.717) is 66.4 Å². The monoisotopic (exact) mass is 472 g/mol. The number of piperidine rings is 1. The van der Waals surface area contributed by atoms with Crippen LogP contribution in [-0.4, -0.2) is 48.2 Å². The predicted molar refractivity (Wildman–Crippen MR) is 129 cm³/mol. The lowest BCUT2D eigenvalue weighted by molar-refractivity contribution is -0.125. The second-order valence-corrected chi connectivity index (χ2v) is 9.40. The van der Waals surface area contributed by atoms with E-state index in [0.717, 1.165) is 6.42 Å². The van der Waals surface area contributed by atoms with E-state index < -0.39 is 0 Å². The van der Waals surface area contributed by atoms with Crippen LogP contribution in [0, 0.1) is 11.7 Å². The Balaban J connectivity index is 1.41. The van der Waals surface area contributed by atoms with Crippen molar-refractivity contribution < 1.29 is 13.9 Å². The number of halogens is 1. The molecule has 1 amide bonds. The largest absolute Gasteiger partial charge is 0.379 e. The first-order valence-corrected chi connectivity index (χ1v) is 12.2. The summed E-state index contributed by atoms with van der Waals surface area (Å²) in [5.74, 6) is 0.130. The average molecular weight is 473 g/mol. The molecule has 1 saturated heterocycles. The number of ether oxygens (including phenoxy) is 1. The van der Waals surface area contributed by atoms with Gasteiger partial charge in [0.15, 0.2) is 0 Å². The molecular weight excluding hydrogens is 443 g/mol. The number of anilines is 1. The van der Waals surface area contributed by atoms with Crippen molar-refractivity contribution in [3.8, 4) is 11.1 Å². The van der Waals surface area contributed by atoms with E-state index in [2.05, 4.69) is 10.3 Å². The quantitative estimate of drug-likeness (QED) is 0.485. The van der Waals surface area contributed by atoms with Crippen molar-refractivity contribution in [3.05, 3.63) is 45.8 Å². The number of thiophene rings is 1. The summed E-state index contributed by atoms with van der Waals surface area (Å²) < 4.78 is 20.3. The average Bonchev–Trinajstić information content (AvgIpc) is 3.23. The van der Waals surface area contributed by atoms with Gasteiger partial charge in [-0.05, 0) is 39.2 Å². The van der Waals surface area contributed by atoms with Gasteiger partial charge >= 0.3 is 0 Å². The third-order valence-electron chi connectivity index (χ3n) is 5.81. The van der Waals surface area contributed by atoms with Gasteiger partial charge in [0.1, 0.15) is 10.5 Å². The molecule has 0 saturated carbocycles. The molecule has 1 fully saturated rings. The molecule has 0 atom stereocenters. The molecule has 0 radical (unpaired) electrons. The topological polar surface area (TPSA) is 87.3 Å². The Kier molecular flexibility index (Phi) is 7.39. The molecule has 0 bridgehead atoms. The molecule has 176 valence electrons. The molecule has 1 aliphatic rings. The second kappa shape index (κ2) is 10.4. The molecule has 3 aromatic rings. The highest BCUT2D eigenvalue weighted by Crippen LogP contribution is 2.33. The Morgan fingerprint density at radius 3 is 2.79 bits per heavy atom. The minimum atomic E-state index is -0.344. The summed E-state index contributed by atoms with van der Waals surface area (Å²) in [6.45, 7) is 6.45. The molecule has 9 heteroatoms. The van der Waals surface area contributed by atoms with Crippen molar-refractivity contribution in [2.24, 2.45) is 5.92 Å². The van der Waals surface area contributed by atoms with Crippen LogP contribution in [0.25, 0.3) is 21.3 Å². The number of nitrogens with one attached hydrogen (secondary N) is 2. The van der Waals surface area contributed by atoms with E-state index in [1.54, 1.807) is 23.6 Å². The third-order valence-corrected chi connectivity index (χ3v) is 6.78. The van der Waals surface area contributed by atoms with Crippen molar-refractivity contribution in [1.29, 1.82) is 0 Å². The van der Waals surface area contributed by atoms with Crippen molar-refractivity contribution in [3.63, 3.8) is 0 Å². The first-order chi connectivity index (χ1) is 15.9. The summed E-state index contributed by atoms with van der Waals surface area (Å²) >= 11 is 1.26. The predicted octanol–water partition coefficient (Wildman–Crippen LogP) is 3.94. The highest BCUT2D eigenvalue weighted by Gasteiger charge is 2.26. The summed E-state index contributed by atoms with van der Waals surface area (Å²) in [6.07, 6.45) is 2.35. The highest BCUT2D eigenvalue weighted by atomic mass is 32.1. The van der Waals surface area contributed by atoms with Crippen LogP contribution in [0.2, 0.25) is 0 Å². The molecule has 7 nitrogen and oxygen atoms in total. The number of carbonyl (C=O) groups excluding carboxylic acids is 1. The zero-order valence-electron chi connectivity index (χ0n) is 18.9. The molecule has 3 heterocycles. The highest BCUT2D eigenvalue weighted by molar-refractivity contribution is 7.17. The molecule has 0 spiro atoms. The maximum Gasteiger partial charge on any atom is 0.270 e. The maximum absolute atomic E-state index is 14.4. The van der Waals surface area contributed by atoms with Gasteiger partial charge in [-0.25, -0.2) is 9.37 Å². The Labute approximate surface area is 196 Å². The van der Waals surface area contributed by atoms with Crippen LogP contribution >= 0.6 is 11.3 Å².